The van der Waals surface area contributed by atoms with Crippen molar-refractivity contribution in [2.45, 2.75) is 53.4 Å². The molecule has 0 saturated heterocycles. The Kier molecular flexibility index (Phi) is 8.20. The molecule has 186 valence electrons. The van der Waals surface area contributed by atoms with E-state index in [1.54, 1.807) is 24.3 Å². The number of aromatic carboxylic acids is 2. The molecule has 2 N–H and O–H groups in total. The van der Waals surface area contributed by atoms with Crippen LogP contribution in [0.5, 0.6) is 0 Å². The van der Waals surface area contributed by atoms with E-state index in [1.807, 2.05) is 39.8 Å². The molecule has 0 aliphatic heterocycles. The van der Waals surface area contributed by atoms with Gasteiger partial charge in [-0.1, -0.05) is 64.1 Å². The largest absolute Gasteiger partial charge is 0.478 e. The lowest BCUT2D eigenvalue weighted by Gasteiger charge is -2.15. The molecular weight excluding hydrogens is 456 g/mol. The highest BCUT2D eigenvalue weighted by Crippen LogP contribution is 2.27. The van der Waals surface area contributed by atoms with Gasteiger partial charge < -0.3 is 10.2 Å². The molecule has 0 aromatic heterocycles. The number of carbonyl (C=O) groups excluding carboxylic acids is 2. The van der Waals surface area contributed by atoms with Crippen LogP contribution in [0.3, 0.4) is 0 Å². The molecule has 36 heavy (non-hydrogen) atoms. The zero-order chi connectivity index (χ0) is 26.6. The summed E-state index contributed by atoms with van der Waals surface area (Å²) in [6.07, 6.45) is 2.65. The van der Waals surface area contributed by atoms with Crippen LogP contribution in [0.2, 0.25) is 0 Å². The van der Waals surface area contributed by atoms with Crippen LogP contribution in [0.15, 0.2) is 48.5 Å². The first-order valence-electron chi connectivity index (χ1n) is 12.1. The van der Waals surface area contributed by atoms with Crippen LogP contribution in [0.25, 0.3) is 0 Å². The van der Waals surface area contributed by atoms with Gasteiger partial charge in [-0.2, -0.15) is 0 Å². The Morgan fingerprint density at radius 2 is 0.861 bits per heavy atom. The van der Waals surface area contributed by atoms with Crippen molar-refractivity contribution in [3.63, 3.8) is 0 Å². The summed E-state index contributed by atoms with van der Waals surface area (Å²) in [7, 11) is 0. The average Bonchev–Trinajstić information content (AvgIpc) is 2.90. The number of ketones is 2. The Labute approximate surface area is 210 Å². The third-order valence-electron chi connectivity index (χ3n) is 6.51. The molecule has 0 amide bonds. The fourth-order valence-corrected chi connectivity index (χ4v) is 4.38. The fraction of sp³-hybridized carbons (Fsp3) is 0.267. The molecular formula is C30H30O6. The molecule has 0 atom stereocenters. The number of carboxylic acids is 2. The lowest BCUT2D eigenvalue weighted by molar-refractivity contribution is 0.0677. The van der Waals surface area contributed by atoms with E-state index in [4.69, 9.17) is 0 Å². The zero-order valence-corrected chi connectivity index (χ0v) is 21.0. The summed E-state index contributed by atoms with van der Waals surface area (Å²) in [6, 6.07) is 12.7. The van der Waals surface area contributed by atoms with Crippen LogP contribution in [-0.2, 0) is 25.7 Å². The van der Waals surface area contributed by atoms with Gasteiger partial charge in [0.2, 0.25) is 0 Å². The van der Waals surface area contributed by atoms with Crippen molar-refractivity contribution in [2.75, 3.05) is 0 Å². The Morgan fingerprint density at radius 3 is 1.14 bits per heavy atom. The highest BCUT2D eigenvalue weighted by Gasteiger charge is 2.28. The van der Waals surface area contributed by atoms with Gasteiger partial charge >= 0.3 is 11.9 Å². The van der Waals surface area contributed by atoms with Crippen molar-refractivity contribution in [3.05, 3.63) is 104 Å². The third kappa shape index (κ3) is 5.13. The van der Waals surface area contributed by atoms with E-state index in [9.17, 15) is 29.4 Å². The molecule has 3 aromatic carbocycles. The summed E-state index contributed by atoms with van der Waals surface area (Å²) in [5, 5.41) is 19.9. The van der Waals surface area contributed by atoms with Crippen molar-refractivity contribution in [2.24, 2.45) is 0 Å². The van der Waals surface area contributed by atoms with Crippen molar-refractivity contribution >= 4 is 23.5 Å². The van der Waals surface area contributed by atoms with Gasteiger partial charge in [0.15, 0.2) is 11.6 Å². The van der Waals surface area contributed by atoms with Gasteiger partial charge in [-0.15, -0.1) is 0 Å². The standard InChI is InChI=1S/C30H30O6/c1-5-17-9-11-21(19(7-3)13-17)27(31)23-15-26(30(35)36)24(16-25(23)29(33)34)28(32)22-12-10-18(6-2)14-20(22)8-4/h9-16H,5-8H2,1-4H3,(H,33,34)(H,35,36). The lowest BCUT2D eigenvalue weighted by Crippen LogP contribution is -2.18. The SMILES string of the molecule is CCc1ccc(C(=O)c2cc(C(=O)O)c(C(=O)c3ccc(CC)cc3CC)cc2C(=O)O)c(CC)c1. The maximum atomic E-state index is 13.5. The van der Waals surface area contributed by atoms with Crippen molar-refractivity contribution in [3.8, 4) is 0 Å². The lowest BCUT2D eigenvalue weighted by atomic mass is 9.87. The van der Waals surface area contributed by atoms with Crippen LogP contribution in [0, 0.1) is 0 Å². The van der Waals surface area contributed by atoms with Crippen LogP contribution in [-0.4, -0.2) is 33.7 Å². The van der Waals surface area contributed by atoms with Crippen molar-refractivity contribution in [1.82, 2.24) is 0 Å². The van der Waals surface area contributed by atoms with Gasteiger partial charge in [0.1, 0.15) is 0 Å². The van der Waals surface area contributed by atoms with Crippen LogP contribution in [0.1, 0.15) is 103 Å². The van der Waals surface area contributed by atoms with E-state index < -0.39 is 34.6 Å². The summed E-state index contributed by atoms with van der Waals surface area (Å²) in [6.45, 7) is 7.77. The number of benzene rings is 3. The monoisotopic (exact) mass is 486 g/mol. The quantitative estimate of drug-likeness (QED) is 0.351. The molecule has 0 aliphatic rings. The van der Waals surface area contributed by atoms with E-state index >= 15 is 0 Å². The highest BCUT2D eigenvalue weighted by molar-refractivity contribution is 6.20. The summed E-state index contributed by atoms with van der Waals surface area (Å²) in [4.78, 5) is 51.4. The summed E-state index contributed by atoms with van der Waals surface area (Å²) < 4.78 is 0. The van der Waals surface area contributed by atoms with Gasteiger partial charge in [0, 0.05) is 22.3 Å². The molecule has 0 bridgehead atoms. The fourth-order valence-electron chi connectivity index (χ4n) is 4.38. The smallest absolute Gasteiger partial charge is 0.336 e. The molecule has 0 heterocycles. The minimum absolute atomic E-state index is 0.257. The zero-order valence-electron chi connectivity index (χ0n) is 21.0. The minimum Gasteiger partial charge on any atom is -0.478 e. The maximum Gasteiger partial charge on any atom is 0.336 e. The Bertz CT molecular complexity index is 1260. The second kappa shape index (κ2) is 11.1. The van der Waals surface area contributed by atoms with E-state index in [0.717, 1.165) is 47.2 Å². The number of hydrogen-bond donors (Lipinski definition) is 2. The molecule has 6 nitrogen and oxygen atoms in total. The average molecular weight is 487 g/mol. The van der Waals surface area contributed by atoms with E-state index in [1.165, 1.54) is 0 Å². The molecule has 0 fully saturated rings. The van der Waals surface area contributed by atoms with Gasteiger partial charge in [-0.3, -0.25) is 9.59 Å². The molecule has 0 unspecified atom stereocenters. The topological polar surface area (TPSA) is 109 Å². The molecule has 0 radical (unpaired) electrons. The van der Waals surface area contributed by atoms with E-state index in [2.05, 4.69) is 0 Å². The van der Waals surface area contributed by atoms with E-state index in [-0.39, 0.29) is 11.1 Å². The second-order valence-electron chi connectivity index (χ2n) is 8.61. The summed E-state index contributed by atoms with van der Waals surface area (Å²) >= 11 is 0. The number of aryl methyl sites for hydroxylation is 4. The van der Waals surface area contributed by atoms with Crippen LogP contribution < -0.4 is 0 Å². The molecule has 0 spiro atoms. The Balaban J connectivity index is 2.23. The molecule has 6 heteroatoms. The number of carbonyl (C=O) groups is 4. The molecule has 3 aromatic rings. The molecule has 0 saturated carbocycles. The first-order valence-corrected chi connectivity index (χ1v) is 12.1. The third-order valence-corrected chi connectivity index (χ3v) is 6.51. The number of carboxylic acid groups (broad SMARTS) is 2. The predicted octanol–water partition coefficient (Wildman–Crippen LogP) is 5.79. The molecule has 3 rings (SSSR count). The molecule has 0 aliphatic carbocycles. The van der Waals surface area contributed by atoms with E-state index in [0.29, 0.717) is 24.0 Å². The minimum atomic E-state index is -1.41. The first-order chi connectivity index (χ1) is 17.2. The van der Waals surface area contributed by atoms with Crippen molar-refractivity contribution < 1.29 is 29.4 Å². The maximum absolute atomic E-state index is 13.5. The normalized spacial score (nSPS) is 10.8. The highest BCUT2D eigenvalue weighted by atomic mass is 16.4. The Hall–Kier alpha value is -4.06. The van der Waals surface area contributed by atoms with Gasteiger partial charge in [0.05, 0.1) is 11.1 Å². The van der Waals surface area contributed by atoms with Gasteiger partial charge in [-0.25, -0.2) is 9.59 Å². The Morgan fingerprint density at radius 1 is 0.500 bits per heavy atom. The predicted molar refractivity (Wildman–Crippen MR) is 138 cm³/mol. The summed E-state index contributed by atoms with van der Waals surface area (Å²) in [5.41, 5.74) is 2.88. The number of rotatable bonds is 10. The van der Waals surface area contributed by atoms with Crippen LogP contribution in [0.4, 0.5) is 0 Å². The van der Waals surface area contributed by atoms with Gasteiger partial charge in [-0.05, 0) is 60.1 Å². The summed E-state index contributed by atoms with van der Waals surface area (Å²) in [5.74, 6) is -4.00. The van der Waals surface area contributed by atoms with Crippen LogP contribution >= 0.6 is 0 Å². The first kappa shape index (κ1) is 26.5. The van der Waals surface area contributed by atoms with Crippen molar-refractivity contribution in [1.29, 1.82) is 0 Å². The second-order valence-corrected chi connectivity index (χ2v) is 8.61. The van der Waals surface area contributed by atoms with Gasteiger partial charge in [0.25, 0.3) is 0 Å². The number of hydrogen-bond acceptors (Lipinski definition) is 4.